The Morgan fingerprint density at radius 1 is 1.19 bits per heavy atom. The average molecular weight is 477 g/mol. The van der Waals surface area contributed by atoms with Crippen LogP contribution in [-0.2, 0) is 4.79 Å². The molecule has 1 amide bonds. The van der Waals surface area contributed by atoms with E-state index in [9.17, 15) is 14.9 Å². The number of nitrogens with one attached hydrogen (secondary N) is 1. The second kappa shape index (κ2) is 9.19. The van der Waals surface area contributed by atoms with E-state index in [4.69, 9.17) is 9.15 Å². The highest BCUT2D eigenvalue weighted by molar-refractivity contribution is 6.02. The van der Waals surface area contributed by atoms with Gasteiger partial charge in [0.2, 0.25) is 5.91 Å². The smallest absolute Gasteiger partial charge is 0.249 e. The normalized spacial score (nSPS) is 11.1. The van der Waals surface area contributed by atoms with Crippen LogP contribution in [0.1, 0.15) is 16.7 Å². The minimum atomic E-state index is -0.559. The van der Waals surface area contributed by atoms with Crippen molar-refractivity contribution >= 4 is 39.7 Å². The first-order valence-electron chi connectivity index (χ1n) is 10.9. The number of para-hydroxylation sites is 2. The number of hydrogen-bond donors (Lipinski definition) is 1. The molecule has 5 aromatic rings. The van der Waals surface area contributed by atoms with Crippen LogP contribution in [0.5, 0.6) is 5.75 Å². The van der Waals surface area contributed by atoms with Gasteiger partial charge in [0.25, 0.3) is 0 Å². The van der Waals surface area contributed by atoms with Gasteiger partial charge >= 0.3 is 0 Å². The summed E-state index contributed by atoms with van der Waals surface area (Å²) in [7, 11) is 1.56. The fraction of sp³-hybridized carbons (Fsp3) is 0.0741. The predicted molar refractivity (Wildman–Crippen MR) is 135 cm³/mol. The van der Waals surface area contributed by atoms with Gasteiger partial charge in [-0.05, 0) is 42.8 Å². The van der Waals surface area contributed by atoms with Crippen molar-refractivity contribution < 1.29 is 13.9 Å². The van der Waals surface area contributed by atoms with Crippen LogP contribution in [-0.4, -0.2) is 27.8 Å². The number of ether oxygens (including phenoxy) is 1. The molecule has 3 aromatic heterocycles. The molecule has 0 aliphatic carbocycles. The summed E-state index contributed by atoms with van der Waals surface area (Å²) in [5, 5.41) is 17.9. The molecule has 9 nitrogen and oxygen atoms in total. The van der Waals surface area contributed by atoms with Crippen molar-refractivity contribution in [1.29, 1.82) is 5.26 Å². The Balaban J connectivity index is 1.49. The molecular formula is C27H19N5O4. The highest BCUT2D eigenvalue weighted by Gasteiger charge is 2.17. The maximum atomic E-state index is 12.8. The molecule has 0 aliphatic rings. The lowest BCUT2D eigenvalue weighted by Crippen LogP contribution is -2.14. The number of nitriles is 1. The van der Waals surface area contributed by atoms with Gasteiger partial charge in [-0.25, -0.2) is 4.98 Å². The number of aryl methyl sites for hydroxylation is 1. The van der Waals surface area contributed by atoms with Crippen LogP contribution in [0.4, 0.5) is 5.82 Å². The number of anilines is 1. The summed E-state index contributed by atoms with van der Waals surface area (Å²) in [4.78, 5) is 30.1. The maximum absolute atomic E-state index is 12.8. The molecule has 0 saturated carbocycles. The van der Waals surface area contributed by atoms with Crippen LogP contribution in [0.25, 0.3) is 33.8 Å². The number of carbonyl (C=O) groups excluding carboxylic acids is 1. The predicted octanol–water partition coefficient (Wildman–Crippen LogP) is 4.37. The number of aromatic nitrogens is 3. The summed E-state index contributed by atoms with van der Waals surface area (Å²) in [6.07, 6.45) is 5.21. The molecule has 0 aliphatic heterocycles. The summed E-state index contributed by atoms with van der Waals surface area (Å²) in [5.74, 6) is 0.586. The van der Waals surface area contributed by atoms with E-state index in [2.05, 4.69) is 15.4 Å². The van der Waals surface area contributed by atoms with E-state index in [1.54, 1.807) is 37.4 Å². The van der Waals surface area contributed by atoms with Crippen LogP contribution in [0.3, 0.4) is 0 Å². The highest BCUT2D eigenvalue weighted by atomic mass is 16.5. The molecule has 1 N–H and O–H groups in total. The first-order chi connectivity index (χ1) is 17.5. The van der Waals surface area contributed by atoms with Gasteiger partial charge in [0.15, 0.2) is 17.1 Å². The Bertz CT molecular complexity index is 1780. The zero-order valence-electron chi connectivity index (χ0n) is 19.4. The maximum Gasteiger partial charge on any atom is 0.249 e. The quantitative estimate of drug-likeness (QED) is 0.373. The molecule has 0 saturated heterocycles. The number of benzene rings is 2. The molecule has 3 heterocycles. The Labute approximate surface area is 204 Å². The van der Waals surface area contributed by atoms with Crippen molar-refractivity contribution in [2.45, 2.75) is 6.92 Å². The first-order valence-corrected chi connectivity index (χ1v) is 10.9. The van der Waals surface area contributed by atoms with Crippen LogP contribution in [0, 0.1) is 18.3 Å². The third-order valence-corrected chi connectivity index (χ3v) is 5.69. The molecule has 0 atom stereocenters. The van der Waals surface area contributed by atoms with Gasteiger partial charge in [0, 0.05) is 11.5 Å². The van der Waals surface area contributed by atoms with E-state index in [1.807, 2.05) is 31.2 Å². The van der Waals surface area contributed by atoms with E-state index < -0.39 is 5.91 Å². The minimum Gasteiger partial charge on any atom is -0.494 e. The molecule has 0 radical (unpaired) electrons. The van der Waals surface area contributed by atoms with Crippen LogP contribution in [0.15, 0.2) is 76.3 Å². The summed E-state index contributed by atoms with van der Waals surface area (Å²) in [6, 6.07) is 16.3. The van der Waals surface area contributed by atoms with Crippen molar-refractivity contribution in [3.05, 3.63) is 94.0 Å². The lowest BCUT2D eigenvalue weighted by atomic mass is 10.1. The topological polar surface area (TPSA) is 123 Å². The van der Waals surface area contributed by atoms with Crippen LogP contribution < -0.4 is 15.5 Å². The molecule has 36 heavy (non-hydrogen) atoms. The van der Waals surface area contributed by atoms with Crippen molar-refractivity contribution in [3.63, 3.8) is 0 Å². The largest absolute Gasteiger partial charge is 0.494 e. The number of carbonyl (C=O) groups is 1. The molecule has 0 unspecified atom stereocenters. The Kier molecular flexibility index (Phi) is 5.76. The van der Waals surface area contributed by atoms with E-state index in [0.29, 0.717) is 28.1 Å². The van der Waals surface area contributed by atoms with Crippen molar-refractivity contribution in [2.75, 3.05) is 12.4 Å². The Morgan fingerprint density at radius 2 is 2.00 bits per heavy atom. The van der Waals surface area contributed by atoms with E-state index in [-0.39, 0.29) is 22.4 Å². The van der Waals surface area contributed by atoms with Gasteiger partial charge in [0.1, 0.15) is 34.7 Å². The van der Waals surface area contributed by atoms with Crippen LogP contribution in [0.2, 0.25) is 0 Å². The summed E-state index contributed by atoms with van der Waals surface area (Å²) < 4.78 is 12.3. The second-order valence-corrected chi connectivity index (χ2v) is 7.92. The van der Waals surface area contributed by atoms with Crippen molar-refractivity contribution in [2.24, 2.45) is 0 Å². The first kappa shape index (κ1) is 22.6. The molecule has 5 rings (SSSR count). The number of methoxy groups -OCH3 is 1. The fourth-order valence-corrected chi connectivity index (χ4v) is 3.90. The van der Waals surface area contributed by atoms with Crippen molar-refractivity contribution in [3.8, 4) is 17.6 Å². The molecule has 176 valence electrons. The number of pyridine rings is 1. The molecule has 9 heteroatoms. The van der Waals surface area contributed by atoms with Gasteiger partial charge in [-0.3, -0.25) is 9.59 Å². The number of nitrogens with zero attached hydrogens (tertiary/aromatic N) is 4. The zero-order valence-corrected chi connectivity index (χ0v) is 19.4. The minimum absolute atomic E-state index is 0.152. The lowest BCUT2D eigenvalue weighted by molar-refractivity contribution is -0.111. The molecule has 0 spiro atoms. The third-order valence-electron chi connectivity index (χ3n) is 5.69. The summed E-state index contributed by atoms with van der Waals surface area (Å²) in [6.45, 7) is 1.93. The standard InChI is InChI=1S/C27H19N5O4/c1-16-12-23(30-25-19(16)7-5-9-22(25)35-2)32-27(18(13-28)14-29-32)31-24(33)11-10-17-15-36-21-8-4-3-6-20(21)26(17)34/h3-12,14-15H,1-2H3,(H,31,33)/b11-10+. The molecule has 2 aromatic carbocycles. The van der Waals surface area contributed by atoms with Crippen LogP contribution >= 0.6 is 0 Å². The highest BCUT2D eigenvalue weighted by Crippen LogP contribution is 2.29. The number of amides is 1. The Morgan fingerprint density at radius 3 is 2.81 bits per heavy atom. The van der Waals surface area contributed by atoms with E-state index >= 15 is 0 Å². The summed E-state index contributed by atoms with van der Waals surface area (Å²) >= 11 is 0. The number of fused-ring (bicyclic) bond motifs is 2. The van der Waals surface area contributed by atoms with Gasteiger partial charge < -0.3 is 14.5 Å². The Hall–Kier alpha value is -5.23. The van der Waals surface area contributed by atoms with E-state index in [1.165, 1.54) is 29.3 Å². The number of hydrogen-bond acceptors (Lipinski definition) is 7. The summed E-state index contributed by atoms with van der Waals surface area (Å²) in [5.41, 5.74) is 2.13. The third kappa shape index (κ3) is 3.97. The average Bonchev–Trinajstić information content (AvgIpc) is 3.30. The second-order valence-electron chi connectivity index (χ2n) is 7.92. The molecular weight excluding hydrogens is 458 g/mol. The monoisotopic (exact) mass is 477 g/mol. The van der Waals surface area contributed by atoms with Gasteiger partial charge in [-0.15, -0.1) is 0 Å². The van der Waals surface area contributed by atoms with E-state index in [0.717, 1.165) is 10.9 Å². The number of rotatable bonds is 5. The lowest BCUT2D eigenvalue weighted by Gasteiger charge is -2.12. The molecule has 0 bridgehead atoms. The SMILES string of the molecule is COc1cccc2c(C)cc(-n3ncc(C#N)c3NC(=O)/C=C/c3coc4ccccc4c3=O)nc12. The van der Waals surface area contributed by atoms with Gasteiger partial charge in [-0.1, -0.05) is 24.3 Å². The fourth-order valence-electron chi connectivity index (χ4n) is 3.90. The van der Waals surface area contributed by atoms with Gasteiger partial charge in [-0.2, -0.15) is 15.0 Å². The van der Waals surface area contributed by atoms with Crippen molar-refractivity contribution in [1.82, 2.24) is 14.8 Å². The molecule has 0 fully saturated rings. The van der Waals surface area contributed by atoms with Gasteiger partial charge in [0.05, 0.1) is 24.3 Å². The zero-order chi connectivity index (χ0) is 25.2.